The molecule has 1 spiro atoms. The van der Waals surface area contributed by atoms with E-state index in [1.165, 1.54) is 25.7 Å². The maximum atomic E-state index is 13.0. The van der Waals surface area contributed by atoms with Gasteiger partial charge in [0.15, 0.2) is 0 Å². The molecule has 3 fully saturated rings. The van der Waals surface area contributed by atoms with Crippen LogP contribution in [-0.2, 0) is 9.59 Å². The van der Waals surface area contributed by atoms with E-state index in [9.17, 15) is 9.59 Å². The molecule has 2 heterocycles. The van der Waals surface area contributed by atoms with Crippen LogP contribution in [0.1, 0.15) is 69.3 Å². The van der Waals surface area contributed by atoms with E-state index in [1.54, 1.807) is 0 Å². The van der Waals surface area contributed by atoms with E-state index in [0.717, 1.165) is 57.3 Å². The van der Waals surface area contributed by atoms with Gasteiger partial charge in [0.05, 0.1) is 5.92 Å². The van der Waals surface area contributed by atoms with Gasteiger partial charge in [0, 0.05) is 32.6 Å². The van der Waals surface area contributed by atoms with Crippen LogP contribution < -0.4 is 0 Å². The van der Waals surface area contributed by atoms with E-state index in [-0.39, 0.29) is 23.2 Å². The molecule has 1 aromatic carbocycles. The van der Waals surface area contributed by atoms with Crippen molar-refractivity contribution < 1.29 is 9.59 Å². The zero-order chi connectivity index (χ0) is 19.6. The van der Waals surface area contributed by atoms with Crippen molar-refractivity contribution in [2.45, 2.75) is 63.7 Å². The van der Waals surface area contributed by atoms with Crippen LogP contribution in [0, 0.1) is 11.3 Å². The summed E-state index contributed by atoms with van der Waals surface area (Å²) in [5.41, 5.74) is 1.29. The SMILES string of the molecule is CN1CC2(CCN(C(=O)C3CCCCCC3)CC2)C[C@@H](c2ccccc2)C1=O. The fourth-order valence-electron chi connectivity index (χ4n) is 5.73. The lowest BCUT2D eigenvalue weighted by molar-refractivity contribution is -0.144. The number of benzene rings is 1. The van der Waals surface area contributed by atoms with Crippen LogP contribution in [-0.4, -0.2) is 48.3 Å². The van der Waals surface area contributed by atoms with E-state index >= 15 is 0 Å². The normalized spacial score (nSPS) is 26.3. The third-order valence-electron chi connectivity index (χ3n) is 7.43. The predicted octanol–water partition coefficient (Wildman–Crippen LogP) is 4.21. The highest BCUT2D eigenvalue weighted by Gasteiger charge is 2.45. The summed E-state index contributed by atoms with van der Waals surface area (Å²) in [5, 5.41) is 0. The molecule has 1 atom stereocenters. The summed E-state index contributed by atoms with van der Waals surface area (Å²) in [7, 11) is 1.95. The van der Waals surface area contributed by atoms with Gasteiger partial charge in [-0.2, -0.15) is 0 Å². The molecule has 0 radical (unpaired) electrons. The molecule has 2 saturated heterocycles. The van der Waals surface area contributed by atoms with Crippen molar-refractivity contribution in [2.24, 2.45) is 11.3 Å². The van der Waals surface area contributed by atoms with E-state index in [2.05, 4.69) is 17.0 Å². The second-order valence-corrected chi connectivity index (χ2v) is 9.38. The molecule has 0 unspecified atom stereocenters. The van der Waals surface area contributed by atoms with Crippen molar-refractivity contribution >= 4 is 11.8 Å². The number of rotatable bonds is 2. The van der Waals surface area contributed by atoms with Crippen LogP contribution in [0.3, 0.4) is 0 Å². The first-order chi connectivity index (χ1) is 13.6. The van der Waals surface area contributed by atoms with Gasteiger partial charge in [0.2, 0.25) is 11.8 Å². The van der Waals surface area contributed by atoms with Crippen molar-refractivity contribution in [1.82, 2.24) is 9.80 Å². The quantitative estimate of drug-likeness (QED) is 0.719. The standard InChI is InChI=1S/C24H34N2O2/c1-25-18-24(17-21(23(25)28)19-9-7-4-8-10-19)13-15-26(16-14-24)22(27)20-11-5-2-3-6-12-20/h4,7-10,20-21H,2-3,5-6,11-18H2,1H3/t21-/m0/s1. The van der Waals surface area contributed by atoms with Gasteiger partial charge in [-0.05, 0) is 43.1 Å². The number of likely N-dealkylation sites (N-methyl/N-ethyl adjacent to an activating group) is 1. The third-order valence-corrected chi connectivity index (χ3v) is 7.43. The lowest BCUT2D eigenvalue weighted by Gasteiger charge is -2.49. The van der Waals surface area contributed by atoms with Crippen molar-refractivity contribution in [3.05, 3.63) is 35.9 Å². The minimum absolute atomic E-state index is 0.0379. The fraction of sp³-hybridized carbons (Fsp3) is 0.667. The number of piperidine rings is 2. The first kappa shape index (κ1) is 19.5. The maximum Gasteiger partial charge on any atom is 0.229 e. The largest absolute Gasteiger partial charge is 0.345 e. The van der Waals surface area contributed by atoms with Gasteiger partial charge in [-0.15, -0.1) is 0 Å². The molecule has 1 saturated carbocycles. The lowest BCUT2D eigenvalue weighted by Crippen LogP contribution is -2.54. The van der Waals surface area contributed by atoms with Crippen LogP contribution >= 0.6 is 0 Å². The number of amides is 2. The average molecular weight is 383 g/mol. The summed E-state index contributed by atoms with van der Waals surface area (Å²) >= 11 is 0. The van der Waals surface area contributed by atoms with Gasteiger partial charge in [-0.1, -0.05) is 56.0 Å². The van der Waals surface area contributed by atoms with Crippen LogP contribution in [0.4, 0.5) is 0 Å². The van der Waals surface area contributed by atoms with E-state index in [1.807, 2.05) is 30.1 Å². The number of hydrogen-bond donors (Lipinski definition) is 0. The Morgan fingerprint density at radius 1 is 1.00 bits per heavy atom. The van der Waals surface area contributed by atoms with E-state index in [0.29, 0.717) is 5.91 Å². The lowest BCUT2D eigenvalue weighted by atomic mass is 9.67. The molecular weight excluding hydrogens is 348 g/mol. The van der Waals surface area contributed by atoms with Crippen molar-refractivity contribution in [3.8, 4) is 0 Å². The molecule has 4 rings (SSSR count). The van der Waals surface area contributed by atoms with E-state index in [4.69, 9.17) is 0 Å². The Morgan fingerprint density at radius 2 is 1.64 bits per heavy atom. The Balaban J connectivity index is 1.42. The second-order valence-electron chi connectivity index (χ2n) is 9.38. The van der Waals surface area contributed by atoms with Crippen molar-refractivity contribution in [1.29, 1.82) is 0 Å². The highest BCUT2D eigenvalue weighted by atomic mass is 16.2. The van der Waals surface area contributed by atoms with Crippen LogP contribution in [0.25, 0.3) is 0 Å². The molecule has 0 bridgehead atoms. The maximum absolute atomic E-state index is 13.0. The molecule has 2 amide bonds. The molecule has 3 aliphatic rings. The summed E-state index contributed by atoms with van der Waals surface area (Å²) in [5.74, 6) is 0.860. The summed E-state index contributed by atoms with van der Waals surface area (Å²) < 4.78 is 0. The van der Waals surface area contributed by atoms with Crippen molar-refractivity contribution in [3.63, 3.8) is 0 Å². The molecule has 152 valence electrons. The zero-order valence-electron chi connectivity index (χ0n) is 17.2. The molecule has 0 aromatic heterocycles. The van der Waals surface area contributed by atoms with Gasteiger partial charge >= 0.3 is 0 Å². The van der Waals surface area contributed by atoms with Gasteiger partial charge in [-0.3, -0.25) is 9.59 Å². The number of likely N-dealkylation sites (tertiary alicyclic amines) is 2. The molecule has 0 N–H and O–H groups in total. The average Bonchev–Trinajstić information content (AvgIpc) is 3.01. The Morgan fingerprint density at radius 3 is 2.29 bits per heavy atom. The molecule has 4 heteroatoms. The topological polar surface area (TPSA) is 40.6 Å². The minimum atomic E-state index is -0.0379. The second kappa shape index (κ2) is 8.26. The van der Waals surface area contributed by atoms with Crippen molar-refractivity contribution in [2.75, 3.05) is 26.7 Å². The van der Waals surface area contributed by atoms with Crippen LogP contribution in [0.2, 0.25) is 0 Å². The smallest absolute Gasteiger partial charge is 0.229 e. The molecular formula is C24H34N2O2. The van der Waals surface area contributed by atoms with Crippen LogP contribution in [0.5, 0.6) is 0 Å². The number of carbonyl (C=O) groups is 2. The monoisotopic (exact) mass is 382 g/mol. The van der Waals surface area contributed by atoms with E-state index < -0.39 is 0 Å². The fourth-order valence-corrected chi connectivity index (χ4v) is 5.73. The Labute approximate surface area is 169 Å². The first-order valence-corrected chi connectivity index (χ1v) is 11.2. The summed E-state index contributed by atoms with van der Waals surface area (Å²) in [4.78, 5) is 29.9. The Hall–Kier alpha value is -1.84. The number of hydrogen-bond acceptors (Lipinski definition) is 2. The summed E-state index contributed by atoms with van der Waals surface area (Å²) in [6.45, 7) is 2.55. The molecule has 1 aliphatic carbocycles. The number of nitrogens with zero attached hydrogens (tertiary/aromatic N) is 2. The van der Waals surface area contributed by atoms with Gasteiger partial charge in [-0.25, -0.2) is 0 Å². The predicted molar refractivity (Wildman–Crippen MR) is 111 cm³/mol. The number of carbonyl (C=O) groups excluding carboxylic acids is 2. The first-order valence-electron chi connectivity index (χ1n) is 11.2. The zero-order valence-corrected chi connectivity index (χ0v) is 17.2. The van der Waals surface area contributed by atoms with Gasteiger partial charge < -0.3 is 9.80 Å². The Bertz CT molecular complexity index is 686. The molecule has 2 aliphatic heterocycles. The summed E-state index contributed by atoms with van der Waals surface area (Å²) in [6, 6.07) is 10.2. The Kier molecular flexibility index (Phi) is 5.75. The highest BCUT2D eigenvalue weighted by Crippen LogP contribution is 2.45. The molecule has 4 nitrogen and oxygen atoms in total. The molecule has 1 aromatic rings. The summed E-state index contributed by atoms with van der Waals surface area (Å²) in [6.07, 6.45) is 10.1. The molecule has 28 heavy (non-hydrogen) atoms. The highest BCUT2D eigenvalue weighted by molar-refractivity contribution is 5.84. The minimum Gasteiger partial charge on any atom is -0.345 e. The van der Waals surface area contributed by atoms with Gasteiger partial charge in [0.1, 0.15) is 0 Å². The van der Waals surface area contributed by atoms with Gasteiger partial charge in [0.25, 0.3) is 0 Å². The third kappa shape index (κ3) is 3.97. The van der Waals surface area contributed by atoms with Crippen LogP contribution in [0.15, 0.2) is 30.3 Å².